The number of anilines is 1. The first kappa shape index (κ1) is 14.7. The molecule has 4 nitrogen and oxygen atoms in total. The van der Waals surface area contributed by atoms with Crippen LogP contribution in [-0.4, -0.2) is 18.6 Å². The Hall–Kier alpha value is -1.39. The van der Waals surface area contributed by atoms with Gasteiger partial charge >= 0.3 is 0 Å². The Bertz CT molecular complexity index is 412. The van der Waals surface area contributed by atoms with Crippen molar-refractivity contribution in [3.05, 3.63) is 29.8 Å². The number of ether oxygens (including phenoxy) is 1. The van der Waals surface area contributed by atoms with Gasteiger partial charge in [0.05, 0.1) is 0 Å². The van der Waals surface area contributed by atoms with Gasteiger partial charge in [0, 0.05) is 18.8 Å². The van der Waals surface area contributed by atoms with E-state index in [1.165, 1.54) is 0 Å². The molecule has 0 aliphatic rings. The van der Waals surface area contributed by atoms with E-state index in [1.54, 1.807) is 14.0 Å². The third kappa shape index (κ3) is 3.09. The molecule has 1 aromatic rings. The fourth-order valence-corrected chi connectivity index (χ4v) is 1.66. The van der Waals surface area contributed by atoms with Crippen molar-refractivity contribution in [2.75, 3.05) is 12.4 Å². The average molecular weight is 250 g/mol. The average Bonchev–Trinajstić information content (AvgIpc) is 2.38. The molecule has 0 heterocycles. The molecule has 100 valence electrons. The molecular formula is C14H22N2O2. The van der Waals surface area contributed by atoms with Crippen LogP contribution in [0.5, 0.6) is 0 Å². The molecule has 2 unspecified atom stereocenters. The lowest BCUT2D eigenvalue weighted by Crippen LogP contribution is -2.41. The predicted octanol–water partition coefficient (Wildman–Crippen LogP) is 2.46. The van der Waals surface area contributed by atoms with E-state index in [1.807, 2.05) is 38.1 Å². The van der Waals surface area contributed by atoms with Gasteiger partial charge in [0.1, 0.15) is 5.60 Å². The Morgan fingerprint density at radius 2 is 2.11 bits per heavy atom. The molecule has 1 amide bonds. The van der Waals surface area contributed by atoms with Crippen molar-refractivity contribution in [3.8, 4) is 0 Å². The molecule has 0 aromatic heterocycles. The van der Waals surface area contributed by atoms with Gasteiger partial charge in [-0.1, -0.05) is 25.1 Å². The first-order valence-corrected chi connectivity index (χ1v) is 6.15. The van der Waals surface area contributed by atoms with Crippen LogP contribution in [0, 0.1) is 0 Å². The Balaban J connectivity index is 2.95. The van der Waals surface area contributed by atoms with Crippen molar-refractivity contribution < 1.29 is 9.53 Å². The molecule has 0 radical (unpaired) electrons. The molecule has 18 heavy (non-hydrogen) atoms. The number of carbonyl (C=O) groups is 1. The van der Waals surface area contributed by atoms with Gasteiger partial charge in [-0.2, -0.15) is 0 Å². The van der Waals surface area contributed by atoms with Crippen molar-refractivity contribution in [1.82, 2.24) is 0 Å². The van der Waals surface area contributed by atoms with E-state index in [2.05, 4.69) is 5.32 Å². The van der Waals surface area contributed by atoms with Gasteiger partial charge < -0.3 is 15.8 Å². The minimum atomic E-state index is -0.815. The summed E-state index contributed by atoms with van der Waals surface area (Å²) in [6.45, 7) is 5.58. The Morgan fingerprint density at radius 1 is 1.50 bits per heavy atom. The summed E-state index contributed by atoms with van der Waals surface area (Å²) in [4.78, 5) is 12.2. The number of carbonyl (C=O) groups excluding carboxylic acids is 1. The number of hydrogen-bond acceptors (Lipinski definition) is 3. The largest absolute Gasteiger partial charge is 0.369 e. The zero-order valence-corrected chi connectivity index (χ0v) is 11.5. The van der Waals surface area contributed by atoms with E-state index in [0.717, 1.165) is 11.3 Å². The van der Waals surface area contributed by atoms with Gasteiger partial charge in [-0.25, -0.2) is 0 Å². The third-order valence-corrected chi connectivity index (χ3v) is 3.31. The highest BCUT2D eigenvalue weighted by atomic mass is 16.5. The topological polar surface area (TPSA) is 64.3 Å². The van der Waals surface area contributed by atoms with Crippen molar-refractivity contribution in [1.29, 1.82) is 0 Å². The molecule has 0 bridgehead atoms. The number of methoxy groups -OCH3 is 1. The molecule has 0 spiro atoms. The van der Waals surface area contributed by atoms with Crippen LogP contribution in [0.2, 0.25) is 0 Å². The summed E-state index contributed by atoms with van der Waals surface area (Å²) in [5.74, 6) is -0.152. The van der Waals surface area contributed by atoms with E-state index in [-0.39, 0.29) is 11.9 Å². The van der Waals surface area contributed by atoms with Crippen molar-refractivity contribution >= 4 is 11.6 Å². The minimum absolute atomic E-state index is 0.128. The van der Waals surface area contributed by atoms with E-state index >= 15 is 0 Å². The highest BCUT2D eigenvalue weighted by Crippen LogP contribution is 2.23. The fraction of sp³-hybridized carbons (Fsp3) is 0.500. The fourth-order valence-electron chi connectivity index (χ4n) is 1.66. The highest BCUT2D eigenvalue weighted by Gasteiger charge is 2.31. The molecule has 1 aromatic carbocycles. The first-order valence-electron chi connectivity index (χ1n) is 6.15. The van der Waals surface area contributed by atoms with Gasteiger partial charge in [0.15, 0.2) is 0 Å². The summed E-state index contributed by atoms with van der Waals surface area (Å²) in [5, 5.41) is 2.89. The van der Waals surface area contributed by atoms with Gasteiger partial charge in [0.2, 0.25) is 0 Å². The number of benzene rings is 1. The van der Waals surface area contributed by atoms with E-state index < -0.39 is 5.60 Å². The van der Waals surface area contributed by atoms with Crippen LogP contribution in [0.25, 0.3) is 0 Å². The predicted molar refractivity (Wildman–Crippen MR) is 73.4 cm³/mol. The van der Waals surface area contributed by atoms with Crippen LogP contribution in [0.3, 0.4) is 0 Å². The number of amides is 1. The Kier molecular flexibility index (Phi) is 4.87. The van der Waals surface area contributed by atoms with Crippen molar-refractivity contribution in [3.63, 3.8) is 0 Å². The summed E-state index contributed by atoms with van der Waals surface area (Å²) in [6.07, 6.45) is 0.607. The molecule has 2 atom stereocenters. The number of hydrogen-bond donors (Lipinski definition) is 2. The molecule has 1 rings (SSSR count). The quantitative estimate of drug-likeness (QED) is 0.843. The van der Waals surface area contributed by atoms with Gasteiger partial charge in [-0.3, -0.25) is 4.79 Å². The number of nitrogens with two attached hydrogens (primary N) is 1. The Morgan fingerprint density at radius 3 is 2.61 bits per heavy atom. The molecule has 0 aliphatic carbocycles. The van der Waals surface area contributed by atoms with E-state index in [4.69, 9.17) is 10.5 Å². The monoisotopic (exact) mass is 250 g/mol. The normalized spacial score (nSPS) is 15.8. The maximum atomic E-state index is 12.2. The van der Waals surface area contributed by atoms with Gasteiger partial charge in [-0.05, 0) is 31.9 Å². The van der Waals surface area contributed by atoms with Gasteiger partial charge in [0.25, 0.3) is 5.91 Å². The van der Waals surface area contributed by atoms with Crippen molar-refractivity contribution in [2.45, 2.75) is 38.8 Å². The van der Waals surface area contributed by atoms with Crippen LogP contribution >= 0.6 is 0 Å². The number of rotatable bonds is 5. The van der Waals surface area contributed by atoms with Crippen LogP contribution in [-0.2, 0) is 9.53 Å². The van der Waals surface area contributed by atoms with Crippen LogP contribution in [0.1, 0.15) is 38.8 Å². The summed E-state index contributed by atoms with van der Waals surface area (Å²) in [7, 11) is 1.54. The second kappa shape index (κ2) is 5.98. The molecule has 0 fully saturated rings. The smallest absolute Gasteiger partial charge is 0.256 e. The molecule has 3 N–H and O–H groups in total. The van der Waals surface area contributed by atoms with Crippen LogP contribution in [0.4, 0.5) is 5.69 Å². The first-order chi connectivity index (χ1) is 8.44. The number of nitrogens with one attached hydrogen (secondary N) is 1. The summed E-state index contributed by atoms with van der Waals surface area (Å²) in [5.41, 5.74) is 6.73. The lowest BCUT2D eigenvalue weighted by Gasteiger charge is -2.26. The van der Waals surface area contributed by atoms with Crippen molar-refractivity contribution in [2.24, 2.45) is 5.73 Å². The third-order valence-electron chi connectivity index (χ3n) is 3.31. The molecular weight excluding hydrogens is 228 g/mol. The zero-order valence-electron chi connectivity index (χ0n) is 11.5. The van der Waals surface area contributed by atoms with E-state index in [9.17, 15) is 4.79 Å². The maximum absolute atomic E-state index is 12.2. The number of para-hydroxylation sites is 1. The second-order valence-electron chi connectivity index (χ2n) is 4.62. The summed E-state index contributed by atoms with van der Waals surface area (Å²) < 4.78 is 5.28. The lowest BCUT2D eigenvalue weighted by molar-refractivity contribution is -0.136. The molecule has 4 heteroatoms. The molecule has 0 saturated heterocycles. The SMILES string of the molecule is CCC(C)(OC)C(=O)Nc1ccccc1C(C)N. The second-order valence-corrected chi connectivity index (χ2v) is 4.62. The minimum Gasteiger partial charge on any atom is -0.369 e. The lowest BCUT2D eigenvalue weighted by atomic mass is 10.0. The van der Waals surface area contributed by atoms with E-state index in [0.29, 0.717) is 6.42 Å². The Labute approximate surface area is 109 Å². The summed E-state index contributed by atoms with van der Waals surface area (Å²) in [6, 6.07) is 7.41. The standard InChI is InChI=1S/C14H22N2O2/c1-5-14(3,18-4)13(17)16-12-9-7-6-8-11(12)10(2)15/h6-10H,5,15H2,1-4H3,(H,16,17). The molecule has 0 aliphatic heterocycles. The summed E-state index contributed by atoms with van der Waals surface area (Å²) >= 11 is 0. The van der Waals surface area contributed by atoms with Crippen LogP contribution in [0.15, 0.2) is 24.3 Å². The van der Waals surface area contributed by atoms with Crippen LogP contribution < -0.4 is 11.1 Å². The zero-order chi connectivity index (χ0) is 13.8. The molecule has 0 saturated carbocycles. The highest BCUT2D eigenvalue weighted by molar-refractivity contribution is 5.97. The maximum Gasteiger partial charge on any atom is 0.256 e. The van der Waals surface area contributed by atoms with Gasteiger partial charge in [-0.15, -0.1) is 0 Å².